The molecular weight excluding hydrogens is 298 g/mol. The standard InChI is InChI=1S/C16H12ClN5/c1-2-22-16(20)13(8-19)15(21-22)12(7-18)5-11-4-9-3-10(9)6-14(11)17/h3-6,10H,2,20H2,1H3/b12-5+. The molecule has 3 rings (SSSR count). The summed E-state index contributed by atoms with van der Waals surface area (Å²) in [6.45, 7) is 2.39. The normalized spacial score (nSPS) is 19.4. The van der Waals surface area contributed by atoms with Crippen LogP contribution in [0.2, 0.25) is 0 Å². The molecule has 22 heavy (non-hydrogen) atoms. The maximum atomic E-state index is 9.44. The number of fused-ring (bicyclic) bond motifs is 1. The van der Waals surface area contributed by atoms with Crippen LogP contribution in [0.25, 0.3) is 5.57 Å². The van der Waals surface area contributed by atoms with Gasteiger partial charge in [0.05, 0.1) is 5.57 Å². The van der Waals surface area contributed by atoms with Crippen molar-refractivity contribution in [3.05, 3.63) is 51.7 Å². The molecule has 0 amide bonds. The summed E-state index contributed by atoms with van der Waals surface area (Å²) in [7, 11) is 0. The van der Waals surface area contributed by atoms with Crippen molar-refractivity contribution in [1.29, 1.82) is 10.5 Å². The zero-order chi connectivity index (χ0) is 15.9. The molecule has 2 aliphatic rings. The summed E-state index contributed by atoms with van der Waals surface area (Å²) in [4.78, 5) is 0. The highest BCUT2D eigenvalue weighted by molar-refractivity contribution is 6.32. The smallest absolute Gasteiger partial charge is 0.140 e. The van der Waals surface area contributed by atoms with Gasteiger partial charge in [0.1, 0.15) is 29.2 Å². The molecule has 108 valence electrons. The first-order valence-electron chi connectivity index (χ1n) is 6.78. The van der Waals surface area contributed by atoms with Crippen LogP contribution in [0.4, 0.5) is 5.82 Å². The molecule has 1 heterocycles. The molecule has 1 aromatic rings. The number of nitrogens with two attached hydrogens (primary N) is 1. The number of nitrogen functional groups attached to an aromatic ring is 1. The minimum absolute atomic E-state index is 0.217. The van der Waals surface area contributed by atoms with Gasteiger partial charge in [0.25, 0.3) is 0 Å². The predicted molar refractivity (Wildman–Crippen MR) is 84.2 cm³/mol. The van der Waals surface area contributed by atoms with E-state index in [2.05, 4.69) is 17.2 Å². The van der Waals surface area contributed by atoms with Gasteiger partial charge < -0.3 is 5.73 Å². The molecule has 1 unspecified atom stereocenters. The van der Waals surface area contributed by atoms with Gasteiger partial charge in [-0.15, -0.1) is 0 Å². The molecule has 0 bridgehead atoms. The first-order valence-corrected chi connectivity index (χ1v) is 7.16. The Hall–Kier alpha value is -2.76. The molecule has 0 fully saturated rings. The summed E-state index contributed by atoms with van der Waals surface area (Å²) in [5.74, 6) is 0.602. The number of hydrogen-bond acceptors (Lipinski definition) is 4. The van der Waals surface area contributed by atoms with E-state index >= 15 is 0 Å². The van der Waals surface area contributed by atoms with Gasteiger partial charge >= 0.3 is 0 Å². The minimum atomic E-state index is 0.217. The average Bonchev–Trinajstić information content (AvgIpc) is 3.18. The molecule has 0 saturated carbocycles. The number of rotatable bonds is 3. The molecule has 5 nitrogen and oxygen atoms in total. The largest absolute Gasteiger partial charge is 0.383 e. The lowest BCUT2D eigenvalue weighted by atomic mass is 10.0. The number of nitriles is 2. The van der Waals surface area contributed by atoms with Crippen molar-refractivity contribution < 1.29 is 0 Å². The fraction of sp³-hybridized carbons (Fsp3) is 0.188. The van der Waals surface area contributed by atoms with Crippen molar-refractivity contribution in [2.45, 2.75) is 13.5 Å². The molecule has 1 aromatic heterocycles. The summed E-state index contributed by atoms with van der Waals surface area (Å²) in [5, 5.41) is 23.6. The van der Waals surface area contributed by atoms with E-state index in [1.54, 1.807) is 6.08 Å². The zero-order valence-corrected chi connectivity index (χ0v) is 12.6. The number of hydrogen-bond donors (Lipinski definition) is 1. The van der Waals surface area contributed by atoms with Gasteiger partial charge in [-0.25, -0.2) is 4.68 Å². The number of nitrogens with zero attached hydrogens (tertiary/aromatic N) is 4. The van der Waals surface area contributed by atoms with E-state index in [0.29, 0.717) is 23.2 Å². The van der Waals surface area contributed by atoms with Crippen molar-refractivity contribution in [3.63, 3.8) is 0 Å². The Kier molecular flexibility index (Phi) is 3.36. The first kappa shape index (κ1) is 14.2. The Morgan fingerprint density at radius 1 is 1.50 bits per heavy atom. The summed E-state index contributed by atoms with van der Waals surface area (Å²) in [5.41, 5.74) is 8.60. The fourth-order valence-electron chi connectivity index (χ4n) is 2.38. The molecule has 0 radical (unpaired) electrons. The molecular formula is C16H12ClN5. The lowest BCUT2D eigenvalue weighted by molar-refractivity contribution is 0.667. The van der Waals surface area contributed by atoms with Crippen LogP contribution in [0.1, 0.15) is 18.2 Å². The highest BCUT2D eigenvalue weighted by Crippen LogP contribution is 2.41. The van der Waals surface area contributed by atoms with E-state index in [1.807, 2.05) is 25.1 Å². The molecule has 6 heteroatoms. The van der Waals surface area contributed by atoms with Crippen molar-refractivity contribution in [1.82, 2.24) is 9.78 Å². The maximum Gasteiger partial charge on any atom is 0.140 e. The fourth-order valence-corrected chi connectivity index (χ4v) is 2.63. The monoisotopic (exact) mass is 309 g/mol. The average molecular weight is 310 g/mol. The van der Waals surface area contributed by atoms with Crippen LogP contribution >= 0.6 is 11.6 Å². The summed E-state index contributed by atoms with van der Waals surface area (Å²) in [6.07, 6.45) is 7.61. The predicted octanol–water partition coefficient (Wildman–Crippen LogP) is 2.88. The highest BCUT2D eigenvalue weighted by Gasteiger charge is 2.26. The van der Waals surface area contributed by atoms with Crippen LogP contribution in [-0.2, 0) is 6.54 Å². The van der Waals surface area contributed by atoms with Crippen molar-refractivity contribution in [2.75, 3.05) is 5.73 Å². The second-order valence-corrected chi connectivity index (χ2v) is 5.42. The molecule has 0 aliphatic heterocycles. The van der Waals surface area contributed by atoms with Gasteiger partial charge in [-0.05, 0) is 30.2 Å². The Morgan fingerprint density at radius 3 is 2.91 bits per heavy atom. The molecule has 2 aliphatic carbocycles. The summed E-state index contributed by atoms with van der Waals surface area (Å²) in [6, 6.07) is 4.11. The number of halogens is 1. The van der Waals surface area contributed by atoms with Gasteiger partial charge in [-0.1, -0.05) is 23.8 Å². The minimum Gasteiger partial charge on any atom is -0.383 e. The molecule has 0 aromatic carbocycles. The number of allylic oxidation sites excluding steroid dienone is 8. The third-order valence-electron chi connectivity index (χ3n) is 3.65. The second kappa shape index (κ2) is 5.22. The summed E-state index contributed by atoms with van der Waals surface area (Å²) >= 11 is 6.22. The molecule has 0 saturated heterocycles. The quantitative estimate of drug-likeness (QED) is 0.869. The first-order chi connectivity index (χ1) is 10.6. The Bertz CT molecular complexity index is 868. The molecule has 1 atom stereocenters. The lowest BCUT2D eigenvalue weighted by Crippen LogP contribution is -2.02. The number of aryl methyl sites for hydroxylation is 1. The van der Waals surface area contributed by atoms with Crippen molar-refractivity contribution >= 4 is 23.0 Å². The van der Waals surface area contributed by atoms with Crippen LogP contribution in [0.3, 0.4) is 0 Å². The SMILES string of the molecule is CCn1nc(/C(C#N)=C/C2=CC3=CC3C=C2Cl)c(C#N)c1N. The van der Waals surface area contributed by atoms with E-state index in [0.717, 1.165) is 5.57 Å². The van der Waals surface area contributed by atoms with Gasteiger partial charge in [-0.3, -0.25) is 0 Å². The van der Waals surface area contributed by atoms with Gasteiger partial charge in [-0.2, -0.15) is 15.6 Å². The molecule has 2 N–H and O–H groups in total. The van der Waals surface area contributed by atoms with Crippen LogP contribution in [0.15, 0.2) is 40.5 Å². The van der Waals surface area contributed by atoms with Crippen molar-refractivity contribution in [2.24, 2.45) is 5.92 Å². The number of anilines is 1. The van der Waals surface area contributed by atoms with Crippen LogP contribution in [0.5, 0.6) is 0 Å². The van der Waals surface area contributed by atoms with E-state index in [1.165, 1.54) is 10.3 Å². The van der Waals surface area contributed by atoms with Crippen molar-refractivity contribution in [3.8, 4) is 12.1 Å². The van der Waals surface area contributed by atoms with E-state index in [-0.39, 0.29) is 17.0 Å². The zero-order valence-electron chi connectivity index (χ0n) is 11.8. The van der Waals surface area contributed by atoms with E-state index in [9.17, 15) is 10.5 Å². The maximum absolute atomic E-state index is 9.44. The number of aromatic nitrogens is 2. The van der Waals surface area contributed by atoms with E-state index < -0.39 is 0 Å². The summed E-state index contributed by atoms with van der Waals surface area (Å²) < 4.78 is 1.51. The third kappa shape index (κ3) is 2.22. The third-order valence-corrected chi connectivity index (χ3v) is 3.99. The van der Waals surface area contributed by atoms with E-state index in [4.69, 9.17) is 17.3 Å². The Labute approximate surface area is 132 Å². The second-order valence-electron chi connectivity index (χ2n) is 5.01. The van der Waals surface area contributed by atoms with Gasteiger partial charge in [0, 0.05) is 17.5 Å². The highest BCUT2D eigenvalue weighted by atomic mass is 35.5. The van der Waals surface area contributed by atoms with Crippen LogP contribution in [-0.4, -0.2) is 9.78 Å². The Balaban J connectivity index is 2.08. The van der Waals surface area contributed by atoms with Gasteiger partial charge in [0.2, 0.25) is 0 Å². The molecule has 0 spiro atoms. The van der Waals surface area contributed by atoms with Gasteiger partial charge in [0.15, 0.2) is 0 Å². The Morgan fingerprint density at radius 2 is 2.27 bits per heavy atom. The van der Waals surface area contributed by atoms with Crippen LogP contribution < -0.4 is 5.73 Å². The lowest BCUT2D eigenvalue weighted by Gasteiger charge is -2.06. The topological polar surface area (TPSA) is 91.4 Å². The van der Waals surface area contributed by atoms with Crippen LogP contribution in [0, 0.1) is 28.6 Å².